The Morgan fingerprint density at radius 1 is 1.35 bits per heavy atom. The van der Waals surface area contributed by atoms with Crippen molar-refractivity contribution in [2.75, 3.05) is 13.1 Å². The van der Waals surface area contributed by atoms with Gasteiger partial charge in [0.25, 0.3) is 5.91 Å². The van der Waals surface area contributed by atoms with Crippen molar-refractivity contribution >= 4 is 21.8 Å². The van der Waals surface area contributed by atoms with Gasteiger partial charge in [-0.25, -0.2) is 0 Å². The summed E-state index contributed by atoms with van der Waals surface area (Å²) >= 11 is 3.49. The van der Waals surface area contributed by atoms with Gasteiger partial charge in [-0.05, 0) is 60.5 Å². The highest BCUT2D eigenvalue weighted by molar-refractivity contribution is 9.10. The van der Waals surface area contributed by atoms with Crippen LogP contribution in [-0.4, -0.2) is 34.5 Å². The number of nitrogens with two attached hydrogens (primary N) is 1. The fourth-order valence-corrected chi connectivity index (χ4v) is 3.50. The van der Waals surface area contributed by atoms with E-state index in [2.05, 4.69) is 27.4 Å². The molecular formula is C15H22BrN3O. The smallest absolute Gasteiger partial charge is 0.270 e. The lowest BCUT2D eigenvalue weighted by molar-refractivity contribution is 0.0670. The van der Waals surface area contributed by atoms with Gasteiger partial charge in [-0.1, -0.05) is 0 Å². The summed E-state index contributed by atoms with van der Waals surface area (Å²) < 4.78 is 3.14. The molecule has 2 fully saturated rings. The van der Waals surface area contributed by atoms with Gasteiger partial charge in [0.05, 0.1) is 0 Å². The summed E-state index contributed by atoms with van der Waals surface area (Å²) in [6.45, 7) is 3.73. The molecule has 1 atom stereocenters. The van der Waals surface area contributed by atoms with Crippen LogP contribution in [0.1, 0.15) is 49.1 Å². The van der Waals surface area contributed by atoms with Gasteiger partial charge in [-0.15, -0.1) is 0 Å². The lowest BCUT2D eigenvalue weighted by Gasteiger charge is -2.33. The Hall–Kier alpha value is -0.810. The Morgan fingerprint density at radius 3 is 2.55 bits per heavy atom. The lowest BCUT2D eigenvalue weighted by atomic mass is 9.91. The molecule has 20 heavy (non-hydrogen) atoms. The van der Waals surface area contributed by atoms with E-state index >= 15 is 0 Å². The van der Waals surface area contributed by atoms with E-state index in [-0.39, 0.29) is 11.9 Å². The van der Waals surface area contributed by atoms with E-state index in [1.54, 1.807) is 0 Å². The van der Waals surface area contributed by atoms with E-state index in [9.17, 15) is 4.79 Å². The standard InChI is InChI=1S/C15H22BrN3O/c1-10(17)11-4-6-18(7-5-11)15(20)14-8-12(16)9-19(14)13-2-3-13/h8-11,13H,2-7,17H2,1H3. The van der Waals surface area contributed by atoms with Crippen LogP contribution >= 0.6 is 15.9 Å². The number of nitrogens with zero attached hydrogens (tertiary/aromatic N) is 2. The van der Waals surface area contributed by atoms with Crippen LogP contribution in [0, 0.1) is 5.92 Å². The number of piperidine rings is 1. The van der Waals surface area contributed by atoms with Gasteiger partial charge in [-0.2, -0.15) is 0 Å². The van der Waals surface area contributed by atoms with Gasteiger partial charge in [0.15, 0.2) is 0 Å². The molecule has 5 heteroatoms. The number of aromatic nitrogens is 1. The maximum absolute atomic E-state index is 12.7. The molecule has 1 aromatic heterocycles. The van der Waals surface area contributed by atoms with Gasteiger partial charge in [0, 0.05) is 35.8 Å². The second-order valence-corrected chi connectivity index (χ2v) is 7.09. The molecule has 3 rings (SSSR count). The molecule has 1 unspecified atom stereocenters. The van der Waals surface area contributed by atoms with Gasteiger partial charge < -0.3 is 15.2 Å². The predicted molar refractivity (Wildman–Crippen MR) is 82.7 cm³/mol. The minimum absolute atomic E-state index is 0.172. The monoisotopic (exact) mass is 339 g/mol. The van der Waals surface area contributed by atoms with Crippen LogP contribution in [0.5, 0.6) is 0 Å². The minimum atomic E-state index is 0.172. The number of rotatable bonds is 3. The topological polar surface area (TPSA) is 51.3 Å². The van der Waals surface area contributed by atoms with Crippen LogP contribution < -0.4 is 5.73 Å². The fraction of sp³-hybridized carbons (Fsp3) is 0.667. The molecule has 1 saturated carbocycles. The van der Waals surface area contributed by atoms with Crippen molar-refractivity contribution in [3.05, 3.63) is 22.4 Å². The van der Waals surface area contributed by atoms with Crippen LogP contribution in [0.4, 0.5) is 0 Å². The third kappa shape index (κ3) is 2.79. The van der Waals surface area contributed by atoms with Crippen molar-refractivity contribution in [2.24, 2.45) is 11.7 Å². The van der Waals surface area contributed by atoms with Gasteiger partial charge in [0.1, 0.15) is 5.69 Å². The highest BCUT2D eigenvalue weighted by atomic mass is 79.9. The number of hydrogen-bond donors (Lipinski definition) is 1. The molecule has 1 aliphatic heterocycles. The summed E-state index contributed by atoms with van der Waals surface area (Å²) in [6, 6.07) is 2.72. The van der Waals surface area contributed by atoms with E-state index in [4.69, 9.17) is 5.73 Å². The molecule has 2 aliphatic rings. The molecule has 0 bridgehead atoms. The van der Waals surface area contributed by atoms with Crippen molar-refractivity contribution < 1.29 is 4.79 Å². The van der Waals surface area contributed by atoms with Crippen LogP contribution in [-0.2, 0) is 0 Å². The Balaban J connectivity index is 1.70. The Labute approximate surface area is 128 Å². The molecule has 0 spiro atoms. The third-order valence-corrected chi connectivity index (χ3v) is 4.98. The second-order valence-electron chi connectivity index (χ2n) is 6.17. The number of hydrogen-bond acceptors (Lipinski definition) is 2. The summed E-state index contributed by atoms with van der Waals surface area (Å²) in [4.78, 5) is 14.7. The zero-order chi connectivity index (χ0) is 14.3. The molecule has 1 aromatic rings. The normalized spacial score (nSPS) is 22.1. The Kier molecular flexibility index (Phi) is 3.91. The van der Waals surface area contributed by atoms with Crippen molar-refractivity contribution in [2.45, 2.75) is 44.7 Å². The number of carbonyl (C=O) groups excluding carboxylic acids is 1. The van der Waals surface area contributed by atoms with Gasteiger partial charge in [0.2, 0.25) is 0 Å². The van der Waals surface area contributed by atoms with E-state index in [0.29, 0.717) is 12.0 Å². The average Bonchev–Trinajstić information content (AvgIpc) is 3.21. The highest BCUT2D eigenvalue weighted by Gasteiger charge is 2.31. The van der Waals surface area contributed by atoms with Crippen LogP contribution in [0.15, 0.2) is 16.7 Å². The number of carbonyl (C=O) groups is 1. The van der Waals surface area contributed by atoms with Crippen LogP contribution in [0.2, 0.25) is 0 Å². The molecule has 0 radical (unpaired) electrons. The van der Waals surface area contributed by atoms with E-state index in [1.807, 2.05) is 17.2 Å². The summed E-state index contributed by atoms with van der Waals surface area (Å²) in [5.41, 5.74) is 6.79. The SMILES string of the molecule is CC(N)C1CCN(C(=O)c2cc(Br)cn2C2CC2)CC1. The third-order valence-electron chi connectivity index (χ3n) is 4.54. The molecule has 2 N–H and O–H groups in total. The van der Waals surface area contributed by atoms with E-state index in [0.717, 1.165) is 36.1 Å². The maximum atomic E-state index is 12.7. The second kappa shape index (κ2) is 5.53. The number of halogens is 1. The van der Waals surface area contributed by atoms with E-state index < -0.39 is 0 Å². The predicted octanol–water partition coefficient (Wildman–Crippen LogP) is 2.78. The summed E-state index contributed by atoms with van der Waals surface area (Å²) in [7, 11) is 0. The Morgan fingerprint density at radius 2 is 2.00 bits per heavy atom. The molecule has 1 saturated heterocycles. The molecule has 110 valence electrons. The molecular weight excluding hydrogens is 318 g/mol. The molecule has 1 aliphatic carbocycles. The van der Waals surface area contributed by atoms with Gasteiger partial charge >= 0.3 is 0 Å². The first kappa shape index (κ1) is 14.1. The van der Waals surface area contributed by atoms with Crippen molar-refractivity contribution in [3.8, 4) is 0 Å². The first-order valence-electron chi connectivity index (χ1n) is 7.48. The largest absolute Gasteiger partial charge is 0.339 e. The zero-order valence-electron chi connectivity index (χ0n) is 11.9. The van der Waals surface area contributed by atoms with E-state index in [1.165, 1.54) is 12.8 Å². The summed E-state index contributed by atoms with van der Waals surface area (Å²) in [5, 5.41) is 0. The summed E-state index contributed by atoms with van der Waals surface area (Å²) in [5.74, 6) is 0.728. The first-order chi connectivity index (χ1) is 9.56. The number of amides is 1. The molecule has 1 amide bonds. The summed E-state index contributed by atoms with van der Waals surface area (Å²) in [6.07, 6.45) is 6.46. The van der Waals surface area contributed by atoms with Crippen LogP contribution in [0.25, 0.3) is 0 Å². The number of likely N-dealkylation sites (tertiary alicyclic amines) is 1. The zero-order valence-corrected chi connectivity index (χ0v) is 13.5. The first-order valence-corrected chi connectivity index (χ1v) is 8.28. The lowest BCUT2D eigenvalue weighted by Crippen LogP contribution is -2.43. The maximum Gasteiger partial charge on any atom is 0.270 e. The highest BCUT2D eigenvalue weighted by Crippen LogP contribution is 2.38. The van der Waals surface area contributed by atoms with Gasteiger partial charge in [-0.3, -0.25) is 4.79 Å². The molecule has 2 heterocycles. The van der Waals surface area contributed by atoms with Crippen molar-refractivity contribution in [1.82, 2.24) is 9.47 Å². The fourth-order valence-electron chi connectivity index (χ4n) is 3.06. The van der Waals surface area contributed by atoms with Crippen molar-refractivity contribution in [3.63, 3.8) is 0 Å². The average molecular weight is 340 g/mol. The molecule has 0 aromatic carbocycles. The van der Waals surface area contributed by atoms with Crippen LogP contribution in [0.3, 0.4) is 0 Å². The Bertz CT molecular complexity index is 499. The quantitative estimate of drug-likeness (QED) is 0.920. The van der Waals surface area contributed by atoms with Crippen molar-refractivity contribution in [1.29, 1.82) is 0 Å². The molecule has 4 nitrogen and oxygen atoms in total. The minimum Gasteiger partial charge on any atom is -0.339 e.